The van der Waals surface area contributed by atoms with Crippen LogP contribution < -0.4 is 5.48 Å². The fourth-order valence-electron chi connectivity index (χ4n) is 1.65. The predicted molar refractivity (Wildman–Crippen MR) is 69.1 cm³/mol. The summed E-state index contributed by atoms with van der Waals surface area (Å²) in [6.45, 7) is 0. The van der Waals surface area contributed by atoms with E-state index in [1.807, 2.05) is 12.1 Å². The molecule has 0 heterocycles. The number of halogens is 1. The molecule has 0 amide bonds. The third-order valence-corrected chi connectivity index (χ3v) is 2.52. The standard InChI is InChI=1S/C12H9ClN2O3/c13-18-14-12-7-2-1-6-11(12)9-4-3-5-10(8-9)15(16)17/h1-8,14H. The number of non-ortho nitro benzene ring substituents is 1. The number of hydrogen-bond donors (Lipinski definition) is 1. The van der Waals surface area contributed by atoms with Crippen LogP contribution in [0.1, 0.15) is 0 Å². The van der Waals surface area contributed by atoms with E-state index in [-0.39, 0.29) is 5.69 Å². The summed E-state index contributed by atoms with van der Waals surface area (Å²) in [5.41, 5.74) is 4.66. The molecule has 1 N–H and O–H groups in total. The maximum atomic E-state index is 10.7. The van der Waals surface area contributed by atoms with Gasteiger partial charge in [-0.15, -0.1) is 0 Å². The van der Waals surface area contributed by atoms with E-state index in [9.17, 15) is 10.1 Å². The lowest BCUT2D eigenvalue weighted by atomic mass is 10.0. The molecule has 0 radical (unpaired) electrons. The maximum Gasteiger partial charge on any atom is 0.270 e. The van der Waals surface area contributed by atoms with Crippen molar-refractivity contribution in [3.63, 3.8) is 0 Å². The molecule has 0 saturated carbocycles. The van der Waals surface area contributed by atoms with Crippen LogP contribution in [0.15, 0.2) is 48.5 Å². The second-order valence-electron chi connectivity index (χ2n) is 3.53. The van der Waals surface area contributed by atoms with Crippen molar-refractivity contribution in [1.82, 2.24) is 0 Å². The van der Waals surface area contributed by atoms with Gasteiger partial charge in [0.1, 0.15) is 0 Å². The molecule has 2 aromatic carbocycles. The molecular formula is C12H9ClN2O3. The highest BCUT2D eigenvalue weighted by Gasteiger charge is 2.09. The lowest BCUT2D eigenvalue weighted by Crippen LogP contribution is -1.95. The summed E-state index contributed by atoms with van der Waals surface area (Å²) >= 11 is 5.16. The molecule has 18 heavy (non-hydrogen) atoms. The van der Waals surface area contributed by atoms with Gasteiger partial charge in [-0.05, 0) is 11.6 Å². The summed E-state index contributed by atoms with van der Waals surface area (Å²) < 4.78 is 4.36. The van der Waals surface area contributed by atoms with Crippen molar-refractivity contribution in [2.75, 3.05) is 5.48 Å². The Morgan fingerprint density at radius 3 is 2.67 bits per heavy atom. The van der Waals surface area contributed by atoms with Crippen LogP contribution in [0.3, 0.4) is 0 Å². The van der Waals surface area contributed by atoms with Crippen molar-refractivity contribution in [3.8, 4) is 11.1 Å². The first kappa shape index (κ1) is 12.3. The molecule has 0 spiro atoms. The Hall–Kier alpha value is -2.11. The minimum atomic E-state index is -0.433. The van der Waals surface area contributed by atoms with E-state index < -0.39 is 4.92 Å². The van der Waals surface area contributed by atoms with Gasteiger partial charge in [0.25, 0.3) is 5.69 Å². The SMILES string of the molecule is O=[N+]([O-])c1cccc(-c2ccccc2NOCl)c1. The van der Waals surface area contributed by atoms with Crippen molar-refractivity contribution >= 4 is 23.2 Å². The summed E-state index contributed by atoms with van der Waals surface area (Å²) in [6.07, 6.45) is 0. The number of nitro benzene ring substituents is 1. The van der Waals surface area contributed by atoms with E-state index in [2.05, 4.69) is 9.87 Å². The van der Waals surface area contributed by atoms with E-state index in [1.54, 1.807) is 24.3 Å². The number of benzene rings is 2. The number of hydrogen-bond acceptors (Lipinski definition) is 4. The molecule has 0 saturated heterocycles. The molecule has 0 atom stereocenters. The van der Waals surface area contributed by atoms with Gasteiger partial charge in [0.2, 0.25) is 0 Å². The largest absolute Gasteiger partial charge is 0.270 e. The van der Waals surface area contributed by atoms with Crippen LogP contribution in [0.5, 0.6) is 0 Å². The lowest BCUT2D eigenvalue weighted by Gasteiger charge is -2.08. The number of rotatable bonds is 4. The molecule has 0 aliphatic heterocycles. The summed E-state index contributed by atoms with van der Waals surface area (Å²) in [6, 6.07) is 13.6. The smallest absolute Gasteiger partial charge is 0.258 e. The van der Waals surface area contributed by atoms with E-state index >= 15 is 0 Å². The summed E-state index contributed by atoms with van der Waals surface area (Å²) in [5.74, 6) is 0. The van der Waals surface area contributed by atoms with Gasteiger partial charge >= 0.3 is 0 Å². The minimum Gasteiger partial charge on any atom is -0.258 e. The third kappa shape index (κ3) is 2.58. The summed E-state index contributed by atoms with van der Waals surface area (Å²) in [5, 5.41) is 10.7. The van der Waals surface area contributed by atoms with Gasteiger partial charge in [-0.25, -0.2) is 5.48 Å². The number of anilines is 1. The van der Waals surface area contributed by atoms with Crippen LogP contribution in [-0.4, -0.2) is 4.92 Å². The van der Waals surface area contributed by atoms with Crippen LogP contribution in [0.25, 0.3) is 11.1 Å². The first-order valence-electron chi connectivity index (χ1n) is 5.10. The van der Waals surface area contributed by atoms with Crippen molar-refractivity contribution in [3.05, 3.63) is 58.6 Å². The fraction of sp³-hybridized carbons (Fsp3) is 0. The van der Waals surface area contributed by atoms with Crippen molar-refractivity contribution < 1.29 is 9.31 Å². The normalized spacial score (nSPS) is 10.1. The van der Waals surface area contributed by atoms with Gasteiger partial charge < -0.3 is 0 Å². The third-order valence-electron chi connectivity index (χ3n) is 2.44. The quantitative estimate of drug-likeness (QED) is 0.674. The van der Waals surface area contributed by atoms with Gasteiger partial charge in [-0.3, -0.25) is 10.1 Å². The van der Waals surface area contributed by atoms with E-state index in [1.165, 1.54) is 12.1 Å². The van der Waals surface area contributed by atoms with Gasteiger partial charge in [0.05, 0.1) is 22.5 Å². The molecule has 92 valence electrons. The first-order chi connectivity index (χ1) is 8.72. The Morgan fingerprint density at radius 1 is 1.17 bits per heavy atom. The molecule has 2 rings (SSSR count). The van der Waals surface area contributed by atoms with E-state index in [0.29, 0.717) is 11.3 Å². The number of para-hydroxylation sites is 1. The van der Waals surface area contributed by atoms with Crippen LogP contribution in [-0.2, 0) is 4.39 Å². The van der Waals surface area contributed by atoms with Crippen molar-refractivity contribution in [2.24, 2.45) is 0 Å². The molecule has 0 unspecified atom stereocenters. The molecule has 0 bridgehead atoms. The maximum absolute atomic E-state index is 10.7. The molecule has 0 aliphatic carbocycles. The topological polar surface area (TPSA) is 64.4 Å². The average molecular weight is 265 g/mol. The molecule has 0 fully saturated rings. The van der Waals surface area contributed by atoms with Crippen molar-refractivity contribution in [1.29, 1.82) is 0 Å². The Morgan fingerprint density at radius 2 is 1.94 bits per heavy atom. The molecular weight excluding hydrogens is 256 g/mol. The average Bonchev–Trinajstić information content (AvgIpc) is 2.40. The van der Waals surface area contributed by atoms with Crippen LogP contribution in [0.4, 0.5) is 11.4 Å². The summed E-state index contributed by atoms with van der Waals surface area (Å²) in [7, 11) is 0. The minimum absolute atomic E-state index is 0.0362. The Kier molecular flexibility index (Phi) is 3.76. The number of nitrogens with zero attached hydrogens (tertiary/aromatic N) is 1. The second-order valence-corrected chi connectivity index (χ2v) is 3.69. The zero-order valence-electron chi connectivity index (χ0n) is 9.17. The number of nitrogens with one attached hydrogen (secondary N) is 1. The van der Waals surface area contributed by atoms with E-state index in [4.69, 9.17) is 11.9 Å². The van der Waals surface area contributed by atoms with Crippen LogP contribution in [0.2, 0.25) is 0 Å². The predicted octanol–water partition coefficient (Wildman–Crippen LogP) is 3.76. The molecule has 5 nitrogen and oxygen atoms in total. The molecule has 6 heteroatoms. The van der Waals surface area contributed by atoms with Gasteiger partial charge in [-0.2, -0.15) is 4.39 Å². The molecule has 0 aromatic heterocycles. The van der Waals surface area contributed by atoms with Crippen molar-refractivity contribution in [2.45, 2.75) is 0 Å². The van der Waals surface area contributed by atoms with Gasteiger partial charge in [0.15, 0.2) is 0 Å². The highest BCUT2D eigenvalue weighted by Crippen LogP contribution is 2.30. The van der Waals surface area contributed by atoms with Crippen LogP contribution in [0, 0.1) is 10.1 Å². The van der Waals surface area contributed by atoms with Gasteiger partial charge in [-0.1, -0.05) is 30.3 Å². The molecule has 2 aromatic rings. The van der Waals surface area contributed by atoms with E-state index in [0.717, 1.165) is 5.56 Å². The highest BCUT2D eigenvalue weighted by atomic mass is 35.5. The Balaban J connectivity index is 2.48. The monoisotopic (exact) mass is 264 g/mol. The first-order valence-corrected chi connectivity index (χ1v) is 5.40. The Bertz CT molecular complexity index is 575. The fourth-order valence-corrected chi connectivity index (χ4v) is 1.74. The number of nitro groups is 1. The highest BCUT2D eigenvalue weighted by molar-refractivity contribution is 6.07. The summed E-state index contributed by atoms with van der Waals surface area (Å²) in [4.78, 5) is 10.3. The van der Waals surface area contributed by atoms with Crippen LogP contribution >= 0.6 is 11.9 Å². The second kappa shape index (κ2) is 5.48. The zero-order chi connectivity index (χ0) is 13.0. The Labute approximate surface area is 108 Å². The van der Waals surface area contributed by atoms with Gasteiger partial charge in [0, 0.05) is 17.7 Å². The zero-order valence-corrected chi connectivity index (χ0v) is 9.92. The molecule has 0 aliphatic rings. The lowest BCUT2D eigenvalue weighted by molar-refractivity contribution is -0.384.